The third-order valence-electron chi connectivity index (χ3n) is 4.93. The molecule has 3 aromatic rings. The first-order valence-corrected chi connectivity index (χ1v) is 10.8. The number of aromatic nitrogens is 2. The molecule has 0 radical (unpaired) electrons. The summed E-state index contributed by atoms with van der Waals surface area (Å²) in [6.45, 7) is 1.87. The predicted octanol–water partition coefficient (Wildman–Crippen LogP) is 2.66. The van der Waals surface area contributed by atoms with E-state index >= 15 is 0 Å². The molecule has 1 saturated heterocycles. The lowest BCUT2D eigenvalue weighted by atomic mass is 10.1. The van der Waals surface area contributed by atoms with E-state index in [9.17, 15) is 8.42 Å². The number of nitrogens with zero attached hydrogens (tertiary/aromatic N) is 4. The van der Waals surface area contributed by atoms with Gasteiger partial charge in [0, 0.05) is 37.9 Å². The highest BCUT2D eigenvalue weighted by atomic mass is 32.2. The smallest absolute Gasteiger partial charge is 0.243 e. The van der Waals surface area contributed by atoms with Gasteiger partial charge in [-0.05, 0) is 42.5 Å². The number of piperazine rings is 1. The van der Waals surface area contributed by atoms with Crippen molar-refractivity contribution in [3.63, 3.8) is 0 Å². The predicted molar refractivity (Wildman–Crippen MR) is 111 cm³/mol. The number of ether oxygens (including phenoxy) is 1. The molecule has 1 aliphatic heterocycles. The van der Waals surface area contributed by atoms with Crippen LogP contribution in [0.3, 0.4) is 0 Å². The van der Waals surface area contributed by atoms with E-state index in [0.717, 1.165) is 17.0 Å². The Morgan fingerprint density at radius 2 is 1.59 bits per heavy atom. The zero-order valence-electron chi connectivity index (χ0n) is 16.1. The quantitative estimate of drug-likeness (QED) is 0.644. The van der Waals surface area contributed by atoms with Crippen molar-refractivity contribution in [3.05, 3.63) is 66.9 Å². The minimum atomic E-state index is -3.47. The molecule has 2 heterocycles. The van der Waals surface area contributed by atoms with E-state index in [1.54, 1.807) is 37.6 Å². The molecule has 0 spiro atoms. The lowest BCUT2D eigenvalue weighted by molar-refractivity contribution is 0.382. The first-order chi connectivity index (χ1) is 14.1. The van der Waals surface area contributed by atoms with Gasteiger partial charge in [-0.25, -0.2) is 18.4 Å². The molecule has 8 heteroatoms. The molecule has 150 valence electrons. The Morgan fingerprint density at radius 3 is 2.24 bits per heavy atom. The van der Waals surface area contributed by atoms with Crippen LogP contribution < -0.4 is 9.64 Å². The molecule has 29 heavy (non-hydrogen) atoms. The highest BCUT2D eigenvalue weighted by Gasteiger charge is 2.29. The second-order valence-electron chi connectivity index (χ2n) is 6.67. The first kappa shape index (κ1) is 19.4. The van der Waals surface area contributed by atoms with Crippen LogP contribution in [0.2, 0.25) is 0 Å². The van der Waals surface area contributed by atoms with Crippen LogP contribution in [0.25, 0.3) is 11.3 Å². The summed E-state index contributed by atoms with van der Waals surface area (Å²) in [6.07, 6.45) is 1.73. The summed E-state index contributed by atoms with van der Waals surface area (Å²) in [5.74, 6) is 1.40. The van der Waals surface area contributed by atoms with Crippen molar-refractivity contribution in [1.82, 2.24) is 14.3 Å². The van der Waals surface area contributed by atoms with Gasteiger partial charge in [-0.3, -0.25) is 0 Å². The van der Waals surface area contributed by atoms with Crippen LogP contribution in [0.4, 0.5) is 5.95 Å². The Morgan fingerprint density at radius 1 is 0.897 bits per heavy atom. The molecule has 2 aromatic carbocycles. The van der Waals surface area contributed by atoms with Crippen molar-refractivity contribution in [1.29, 1.82) is 0 Å². The van der Waals surface area contributed by atoms with Crippen molar-refractivity contribution in [2.24, 2.45) is 0 Å². The van der Waals surface area contributed by atoms with E-state index in [1.165, 1.54) is 4.31 Å². The van der Waals surface area contributed by atoms with E-state index in [4.69, 9.17) is 4.74 Å². The first-order valence-electron chi connectivity index (χ1n) is 9.35. The second kappa shape index (κ2) is 8.18. The van der Waals surface area contributed by atoms with E-state index < -0.39 is 10.0 Å². The summed E-state index contributed by atoms with van der Waals surface area (Å²) in [6, 6.07) is 18.1. The topological polar surface area (TPSA) is 75.6 Å². The molecule has 1 fully saturated rings. The van der Waals surface area contributed by atoms with Gasteiger partial charge in [0.25, 0.3) is 0 Å². The summed E-state index contributed by atoms with van der Waals surface area (Å²) in [4.78, 5) is 11.4. The molecule has 1 aliphatic rings. The van der Waals surface area contributed by atoms with E-state index in [1.807, 2.05) is 41.3 Å². The molecule has 0 atom stereocenters. The molecular weight excluding hydrogens is 388 g/mol. The van der Waals surface area contributed by atoms with Crippen molar-refractivity contribution in [2.45, 2.75) is 4.90 Å². The lowest BCUT2D eigenvalue weighted by Crippen LogP contribution is -2.49. The van der Waals surface area contributed by atoms with Crippen LogP contribution in [0.15, 0.2) is 71.8 Å². The van der Waals surface area contributed by atoms with Crippen LogP contribution in [-0.4, -0.2) is 56.0 Å². The van der Waals surface area contributed by atoms with Gasteiger partial charge in [0.2, 0.25) is 16.0 Å². The van der Waals surface area contributed by atoms with Crippen molar-refractivity contribution in [3.8, 4) is 17.0 Å². The number of hydrogen-bond acceptors (Lipinski definition) is 6. The molecular formula is C21H22N4O3S. The summed E-state index contributed by atoms with van der Waals surface area (Å²) in [5.41, 5.74) is 1.79. The Kier molecular flexibility index (Phi) is 5.46. The van der Waals surface area contributed by atoms with Gasteiger partial charge in [-0.2, -0.15) is 4.31 Å². The Hall–Kier alpha value is -2.97. The van der Waals surface area contributed by atoms with Crippen LogP contribution in [0.5, 0.6) is 5.75 Å². The number of hydrogen-bond donors (Lipinski definition) is 0. The number of methoxy groups -OCH3 is 1. The number of rotatable bonds is 5. The van der Waals surface area contributed by atoms with Crippen molar-refractivity contribution >= 4 is 16.0 Å². The highest BCUT2D eigenvalue weighted by Crippen LogP contribution is 2.23. The molecule has 0 bridgehead atoms. The molecule has 0 saturated carbocycles. The molecule has 0 amide bonds. The maximum atomic E-state index is 12.8. The largest absolute Gasteiger partial charge is 0.497 e. The van der Waals surface area contributed by atoms with Gasteiger partial charge in [-0.15, -0.1) is 0 Å². The minimum absolute atomic E-state index is 0.325. The van der Waals surface area contributed by atoms with Crippen LogP contribution in [-0.2, 0) is 10.0 Å². The molecule has 7 nitrogen and oxygen atoms in total. The number of benzene rings is 2. The molecule has 1 aromatic heterocycles. The molecule has 0 N–H and O–H groups in total. The van der Waals surface area contributed by atoms with Gasteiger partial charge in [-0.1, -0.05) is 18.2 Å². The van der Waals surface area contributed by atoms with Crippen LogP contribution in [0.1, 0.15) is 0 Å². The monoisotopic (exact) mass is 410 g/mol. The van der Waals surface area contributed by atoms with Gasteiger partial charge in [0.1, 0.15) is 5.75 Å². The summed E-state index contributed by atoms with van der Waals surface area (Å²) in [5, 5.41) is 0. The van der Waals surface area contributed by atoms with Crippen molar-refractivity contribution in [2.75, 3.05) is 38.2 Å². The third kappa shape index (κ3) is 4.08. The fourth-order valence-corrected chi connectivity index (χ4v) is 4.74. The average molecular weight is 410 g/mol. The number of anilines is 1. The maximum Gasteiger partial charge on any atom is 0.243 e. The van der Waals surface area contributed by atoms with E-state index in [-0.39, 0.29) is 0 Å². The van der Waals surface area contributed by atoms with Gasteiger partial charge in [0.15, 0.2) is 0 Å². The van der Waals surface area contributed by atoms with Gasteiger partial charge in [0.05, 0.1) is 17.7 Å². The average Bonchev–Trinajstić information content (AvgIpc) is 2.80. The molecule has 0 unspecified atom stereocenters. The lowest BCUT2D eigenvalue weighted by Gasteiger charge is -2.34. The maximum absolute atomic E-state index is 12.8. The SMILES string of the molecule is COc1ccc(-c2ccnc(N3CCN(S(=O)(=O)c4ccccc4)CC3)n2)cc1. The van der Waals surface area contributed by atoms with Gasteiger partial charge >= 0.3 is 0 Å². The normalized spacial score (nSPS) is 15.3. The highest BCUT2D eigenvalue weighted by molar-refractivity contribution is 7.89. The van der Waals surface area contributed by atoms with Crippen LogP contribution in [0, 0.1) is 0 Å². The van der Waals surface area contributed by atoms with Gasteiger partial charge < -0.3 is 9.64 Å². The molecule has 4 rings (SSSR count). The van der Waals surface area contributed by atoms with E-state index in [2.05, 4.69) is 9.97 Å². The standard InChI is InChI=1S/C21H22N4O3S/c1-28-18-9-7-17(8-10-18)20-11-12-22-21(23-20)24-13-15-25(16-14-24)29(26,27)19-5-3-2-4-6-19/h2-12H,13-16H2,1H3. The van der Waals surface area contributed by atoms with Crippen molar-refractivity contribution < 1.29 is 13.2 Å². The Bertz CT molecular complexity index is 1060. The second-order valence-corrected chi connectivity index (χ2v) is 8.61. The Balaban J connectivity index is 1.47. The fraction of sp³-hybridized carbons (Fsp3) is 0.238. The Labute approximate surface area is 170 Å². The van der Waals surface area contributed by atoms with Crippen LogP contribution >= 0.6 is 0 Å². The summed E-state index contributed by atoms with van der Waals surface area (Å²) < 4.78 is 32.3. The minimum Gasteiger partial charge on any atom is -0.497 e. The zero-order chi connectivity index (χ0) is 20.3. The zero-order valence-corrected chi connectivity index (χ0v) is 16.9. The summed E-state index contributed by atoms with van der Waals surface area (Å²) in [7, 11) is -1.84. The summed E-state index contributed by atoms with van der Waals surface area (Å²) >= 11 is 0. The molecule has 0 aliphatic carbocycles. The van der Waals surface area contributed by atoms with E-state index in [0.29, 0.717) is 37.0 Å². The fourth-order valence-electron chi connectivity index (χ4n) is 3.29. The third-order valence-corrected chi connectivity index (χ3v) is 6.84. The number of sulfonamides is 1.